The van der Waals surface area contributed by atoms with Crippen LogP contribution in [0, 0.1) is 5.92 Å². The monoisotopic (exact) mass is 444 g/mol. The largest absolute Gasteiger partial charge is 0.311 e. The van der Waals surface area contributed by atoms with Crippen molar-refractivity contribution < 1.29 is 4.79 Å². The van der Waals surface area contributed by atoms with E-state index in [0.29, 0.717) is 6.54 Å². The third-order valence-electron chi connectivity index (χ3n) is 5.76. The van der Waals surface area contributed by atoms with E-state index in [9.17, 15) is 4.79 Å². The Bertz CT molecular complexity index is 883. The number of halogens is 1. The van der Waals surface area contributed by atoms with Gasteiger partial charge in [0.2, 0.25) is 5.91 Å². The fourth-order valence-electron chi connectivity index (χ4n) is 4.54. The minimum absolute atomic E-state index is 0.0622. The molecule has 0 spiro atoms. The Kier molecular flexibility index (Phi) is 4.44. The second-order valence-electron chi connectivity index (χ2n) is 7.38. The molecule has 3 unspecified atom stereocenters. The van der Waals surface area contributed by atoms with Gasteiger partial charge in [0.15, 0.2) is 12.1 Å². The van der Waals surface area contributed by atoms with E-state index in [1.165, 1.54) is 6.42 Å². The van der Waals surface area contributed by atoms with Crippen molar-refractivity contribution in [1.82, 2.24) is 15.2 Å². The topological polar surface area (TPSA) is 47.9 Å². The molecule has 1 aromatic carbocycles. The molecule has 1 saturated carbocycles. The number of amidine groups is 1. The first-order valence-electron chi connectivity index (χ1n) is 9.43. The van der Waals surface area contributed by atoms with Crippen molar-refractivity contribution in [2.45, 2.75) is 44.6 Å². The van der Waals surface area contributed by atoms with Crippen LogP contribution in [0.1, 0.15) is 36.1 Å². The molecule has 7 heteroatoms. The summed E-state index contributed by atoms with van der Waals surface area (Å²) in [6, 6.07) is 12.6. The second kappa shape index (κ2) is 6.95. The summed E-state index contributed by atoms with van der Waals surface area (Å²) in [6.45, 7) is 0.605. The van der Waals surface area contributed by atoms with Crippen molar-refractivity contribution in [2.75, 3.05) is 0 Å². The number of nitrogens with zero attached hydrogens (tertiary/aromatic N) is 3. The highest BCUT2D eigenvalue weighted by molar-refractivity contribution is 9.10. The molecule has 5 nitrogen and oxygen atoms in total. The highest BCUT2D eigenvalue weighted by atomic mass is 79.9. The lowest BCUT2D eigenvalue weighted by Crippen LogP contribution is -2.67. The van der Waals surface area contributed by atoms with Gasteiger partial charge in [-0.3, -0.25) is 15.1 Å². The minimum atomic E-state index is -0.201. The summed E-state index contributed by atoms with van der Waals surface area (Å²) < 4.78 is 1.07. The molecule has 1 N–H and O–H groups in total. The van der Waals surface area contributed by atoms with Gasteiger partial charge in [-0.2, -0.15) is 5.10 Å². The quantitative estimate of drug-likeness (QED) is 0.778. The van der Waals surface area contributed by atoms with Gasteiger partial charge >= 0.3 is 0 Å². The number of benzene rings is 1. The van der Waals surface area contributed by atoms with Gasteiger partial charge < -0.3 is 4.90 Å². The lowest BCUT2D eigenvalue weighted by Gasteiger charge is -2.50. The van der Waals surface area contributed by atoms with Crippen LogP contribution in [0.15, 0.2) is 51.4 Å². The Labute approximate surface area is 171 Å². The zero-order chi connectivity index (χ0) is 18.4. The van der Waals surface area contributed by atoms with Crippen LogP contribution in [0.3, 0.4) is 0 Å². The number of fused-ring (bicyclic) bond motifs is 3. The molecule has 2 aliphatic heterocycles. The van der Waals surface area contributed by atoms with Crippen molar-refractivity contribution in [3.05, 3.63) is 56.7 Å². The van der Waals surface area contributed by atoms with Crippen molar-refractivity contribution in [1.29, 1.82) is 0 Å². The molecule has 5 rings (SSSR count). The average molecular weight is 445 g/mol. The Morgan fingerprint density at radius 2 is 2.04 bits per heavy atom. The molecule has 140 valence electrons. The van der Waals surface area contributed by atoms with Crippen molar-refractivity contribution in [2.24, 2.45) is 11.0 Å². The minimum Gasteiger partial charge on any atom is -0.311 e. The fourth-order valence-corrected chi connectivity index (χ4v) is 5.96. The smallest absolute Gasteiger partial charge is 0.231 e. The maximum atomic E-state index is 13.4. The summed E-state index contributed by atoms with van der Waals surface area (Å²) in [5.74, 6) is 1.30. The van der Waals surface area contributed by atoms with E-state index in [4.69, 9.17) is 0 Å². The predicted molar refractivity (Wildman–Crippen MR) is 110 cm³/mol. The molecule has 1 aromatic heterocycles. The third-order valence-corrected chi connectivity index (χ3v) is 7.45. The second-order valence-corrected chi connectivity index (χ2v) is 9.21. The van der Waals surface area contributed by atoms with Crippen LogP contribution < -0.4 is 5.43 Å². The molecule has 1 aliphatic carbocycles. The Hall–Kier alpha value is -1.86. The van der Waals surface area contributed by atoms with Gasteiger partial charge in [-0.1, -0.05) is 43.2 Å². The highest BCUT2D eigenvalue weighted by Crippen LogP contribution is 2.39. The molecule has 3 atom stereocenters. The van der Waals surface area contributed by atoms with Crippen LogP contribution in [0.2, 0.25) is 0 Å². The number of nitrogens with one attached hydrogen (secondary N) is 1. The van der Waals surface area contributed by atoms with Crippen LogP contribution in [-0.2, 0) is 11.3 Å². The SMILES string of the molecule is O=C1C2CCCCC2N2C(c3cc(Br)cs3)=NNC2N1Cc1ccccc1. The molecule has 1 amide bonds. The van der Waals surface area contributed by atoms with Crippen LogP contribution in [0.25, 0.3) is 0 Å². The van der Waals surface area contributed by atoms with Crippen molar-refractivity contribution >= 4 is 39.0 Å². The van der Waals surface area contributed by atoms with Gasteiger partial charge in [0.1, 0.15) is 0 Å². The standard InChI is InChI=1S/C20H21BrN4OS/c21-14-10-17(27-12-14)18-22-23-20-24(11-13-6-2-1-3-7-13)19(26)15-8-4-5-9-16(15)25(18)20/h1-3,6-7,10,12,15-16,20,23H,4-5,8-9,11H2. The summed E-state index contributed by atoms with van der Waals surface area (Å²) in [7, 11) is 0. The first-order valence-corrected chi connectivity index (χ1v) is 11.1. The van der Waals surface area contributed by atoms with Crippen LogP contribution >= 0.6 is 27.3 Å². The average Bonchev–Trinajstić information content (AvgIpc) is 3.32. The van der Waals surface area contributed by atoms with Gasteiger partial charge in [-0.25, -0.2) is 0 Å². The number of thiophene rings is 1. The Morgan fingerprint density at radius 3 is 2.81 bits per heavy atom. The molecule has 3 heterocycles. The van der Waals surface area contributed by atoms with E-state index in [1.807, 2.05) is 23.1 Å². The lowest BCUT2D eigenvalue weighted by atomic mass is 9.80. The summed E-state index contributed by atoms with van der Waals surface area (Å²) in [5, 5.41) is 6.75. The zero-order valence-corrected chi connectivity index (χ0v) is 17.2. The molecule has 2 aromatic rings. The normalized spacial score (nSPS) is 27.1. The fraction of sp³-hybridized carbons (Fsp3) is 0.400. The van der Waals surface area contributed by atoms with Gasteiger partial charge in [-0.05, 0) is 40.4 Å². The van der Waals surface area contributed by atoms with E-state index in [0.717, 1.165) is 40.0 Å². The molecular formula is C20H21BrN4OS. The number of hydrogen-bond acceptors (Lipinski definition) is 5. The summed E-state index contributed by atoms with van der Waals surface area (Å²) in [6.07, 6.45) is 4.14. The Balaban J connectivity index is 1.51. The van der Waals surface area contributed by atoms with Gasteiger partial charge in [0.25, 0.3) is 0 Å². The number of carbonyl (C=O) groups is 1. The first kappa shape index (κ1) is 17.3. The third kappa shape index (κ3) is 2.97. The molecule has 27 heavy (non-hydrogen) atoms. The number of carbonyl (C=O) groups excluding carboxylic acids is 1. The molecule has 1 saturated heterocycles. The predicted octanol–water partition coefficient (Wildman–Crippen LogP) is 3.96. The van der Waals surface area contributed by atoms with E-state index in [2.05, 4.69) is 54.9 Å². The molecule has 3 aliphatic rings. The first-order chi connectivity index (χ1) is 13.2. The highest BCUT2D eigenvalue weighted by Gasteiger charge is 2.51. The van der Waals surface area contributed by atoms with E-state index in [-0.39, 0.29) is 24.2 Å². The molecular weight excluding hydrogens is 424 g/mol. The number of amides is 1. The van der Waals surface area contributed by atoms with Gasteiger partial charge in [0, 0.05) is 22.4 Å². The maximum absolute atomic E-state index is 13.4. The van der Waals surface area contributed by atoms with Gasteiger partial charge in [0.05, 0.1) is 10.8 Å². The zero-order valence-electron chi connectivity index (χ0n) is 14.8. The maximum Gasteiger partial charge on any atom is 0.231 e. The number of rotatable bonds is 3. The Morgan fingerprint density at radius 1 is 1.22 bits per heavy atom. The van der Waals surface area contributed by atoms with Crippen molar-refractivity contribution in [3.8, 4) is 0 Å². The van der Waals surface area contributed by atoms with Crippen LogP contribution in [0.4, 0.5) is 0 Å². The van der Waals surface area contributed by atoms with Crippen molar-refractivity contribution in [3.63, 3.8) is 0 Å². The molecule has 0 radical (unpaired) electrons. The summed E-state index contributed by atoms with van der Waals surface area (Å²) in [4.78, 5) is 18.8. The molecule has 2 fully saturated rings. The summed E-state index contributed by atoms with van der Waals surface area (Å²) in [5.41, 5.74) is 4.41. The van der Waals surface area contributed by atoms with Gasteiger partial charge in [-0.15, -0.1) is 11.3 Å². The van der Waals surface area contributed by atoms with E-state index < -0.39 is 0 Å². The van der Waals surface area contributed by atoms with E-state index >= 15 is 0 Å². The lowest BCUT2D eigenvalue weighted by molar-refractivity contribution is -0.156. The summed E-state index contributed by atoms with van der Waals surface area (Å²) >= 11 is 5.24. The number of hydrogen-bond donors (Lipinski definition) is 1. The van der Waals surface area contributed by atoms with Crippen LogP contribution in [-0.4, -0.2) is 33.9 Å². The number of hydrazone groups is 1. The van der Waals surface area contributed by atoms with E-state index in [1.54, 1.807) is 11.3 Å². The molecule has 0 bridgehead atoms. The van der Waals surface area contributed by atoms with Crippen LogP contribution in [0.5, 0.6) is 0 Å².